The second kappa shape index (κ2) is 5.72. The van der Waals surface area contributed by atoms with Gasteiger partial charge in [-0.1, -0.05) is 0 Å². The summed E-state index contributed by atoms with van der Waals surface area (Å²) in [4.78, 5) is 14.1. The van der Waals surface area contributed by atoms with Crippen molar-refractivity contribution in [2.45, 2.75) is 19.3 Å². The van der Waals surface area contributed by atoms with Gasteiger partial charge in [-0.3, -0.25) is 4.79 Å². The first-order valence-corrected chi connectivity index (χ1v) is 6.07. The molecule has 1 saturated heterocycles. The Bertz CT molecular complexity index is 366. The van der Waals surface area contributed by atoms with E-state index in [1.165, 1.54) is 12.6 Å². The Hall–Kier alpha value is -1.49. The highest BCUT2D eigenvalue weighted by atomic mass is 16.2. The normalized spacial score (nSPS) is 20.3. The van der Waals surface area contributed by atoms with Crippen LogP contribution in [-0.4, -0.2) is 40.6 Å². The van der Waals surface area contributed by atoms with E-state index in [4.69, 9.17) is 5.73 Å². The number of hydrogen-bond acceptors (Lipinski definition) is 4. The first-order chi connectivity index (χ1) is 8.31. The van der Waals surface area contributed by atoms with Crippen molar-refractivity contribution < 1.29 is 4.79 Å². The van der Waals surface area contributed by atoms with Gasteiger partial charge in [0.1, 0.15) is 0 Å². The van der Waals surface area contributed by atoms with Crippen LogP contribution in [0.25, 0.3) is 0 Å². The summed E-state index contributed by atoms with van der Waals surface area (Å²) in [6, 6.07) is 1.71. The standard InChI is InChI=1S/C12H18N4O/c13-5-3-10-2-1-7-16(9-10)12(17)11-4-6-14-15-8-11/h4,6,8,10H,1-3,5,7,9,13H2. The molecule has 2 heterocycles. The molecular weight excluding hydrogens is 216 g/mol. The lowest BCUT2D eigenvalue weighted by Gasteiger charge is -2.32. The predicted octanol–water partition coefficient (Wildman–Crippen LogP) is 0.678. The zero-order valence-corrected chi connectivity index (χ0v) is 9.88. The number of rotatable bonds is 3. The van der Waals surface area contributed by atoms with E-state index in [0.717, 1.165) is 25.9 Å². The number of aromatic nitrogens is 2. The van der Waals surface area contributed by atoms with Gasteiger partial charge in [0.05, 0.1) is 18.0 Å². The summed E-state index contributed by atoms with van der Waals surface area (Å²) < 4.78 is 0. The van der Waals surface area contributed by atoms with Gasteiger partial charge >= 0.3 is 0 Å². The first-order valence-electron chi connectivity index (χ1n) is 6.07. The smallest absolute Gasteiger partial charge is 0.255 e. The fourth-order valence-corrected chi connectivity index (χ4v) is 2.32. The highest BCUT2D eigenvalue weighted by molar-refractivity contribution is 5.93. The molecule has 1 aromatic heterocycles. The van der Waals surface area contributed by atoms with Gasteiger partial charge in [-0.15, -0.1) is 0 Å². The molecule has 5 heteroatoms. The van der Waals surface area contributed by atoms with Gasteiger partial charge in [0, 0.05) is 13.1 Å². The van der Waals surface area contributed by atoms with Gasteiger partial charge in [0.2, 0.25) is 0 Å². The van der Waals surface area contributed by atoms with E-state index >= 15 is 0 Å². The Balaban J connectivity index is 2.00. The Kier molecular flexibility index (Phi) is 4.03. The number of likely N-dealkylation sites (tertiary alicyclic amines) is 1. The molecule has 0 saturated carbocycles. The molecule has 1 amide bonds. The molecule has 1 atom stereocenters. The Morgan fingerprint density at radius 3 is 3.12 bits per heavy atom. The number of hydrogen-bond donors (Lipinski definition) is 1. The third-order valence-corrected chi connectivity index (χ3v) is 3.21. The summed E-state index contributed by atoms with van der Waals surface area (Å²) in [5.41, 5.74) is 6.19. The van der Waals surface area contributed by atoms with Crippen molar-refractivity contribution in [2.24, 2.45) is 11.7 Å². The SMILES string of the molecule is NCCC1CCCN(C(=O)c2ccnnc2)C1. The Morgan fingerprint density at radius 2 is 2.41 bits per heavy atom. The topological polar surface area (TPSA) is 72.1 Å². The second-order valence-corrected chi connectivity index (χ2v) is 4.47. The van der Waals surface area contributed by atoms with Crippen molar-refractivity contribution in [1.29, 1.82) is 0 Å². The largest absolute Gasteiger partial charge is 0.338 e. The minimum absolute atomic E-state index is 0.0571. The van der Waals surface area contributed by atoms with Crippen molar-refractivity contribution in [2.75, 3.05) is 19.6 Å². The average Bonchev–Trinajstić information content (AvgIpc) is 2.40. The molecule has 1 aromatic rings. The fraction of sp³-hybridized carbons (Fsp3) is 0.583. The lowest BCUT2D eigenvalue weighted by atomic mass is 9.94. The minimum atomic E-state index is 0.0571. The Labute approximate surface area is 101 Å². The van der Waals surface area contributed by atoms with Crippen molar-refractivity contribution in [3.8, 4) is 0 Å². The number of amides is 1. The van der Waals surface area contributed by atoms with Gasteiger partial charge in [0.25, 0.3) is 5.91 Å². The number of carbonyl (C=O) groups is 1. The van der Waals surface area contributed by atoms with E-state index in [1.807, 2.05) is 4.90 Å². The van der Waals surface area contributed by atoms with E-state index in [1.54, 1.807) is 12.3 Å². The van der Waals surface area contributed by atoms with Gasteiger partial charge in [-0.05, 0) is 37.8 Å². The van der Waals surface area contributed by atoms with E-state index in [0.29, 0.717) is 18.0 Å². The number of nitrogens with two attached hydrogens (primary N) is 1. The summed E-state index contributed by atoms with van der Waals surface area (Å²) in [6.45, 7) is 2.35. The van der Waals surface area contributed by atoms with Crippen molar-refractivity contribution in [3.63, 3.8) is 0 Å². The molecule has 2 rings (SSSR count). The van der Waals surface area contributed by atoms with Crippen molar-refractivity contribution >= 4 is 5.91 Å². The highest BCUT2D eigenvalue weighted by Crippen LogP contribution is 2.20. The molecule has 1 aliphatic heterocycles. The second-order valence-electron chi connectivity index (χ2n) is 4.47. The lowest BCUT2D eigenvalue weighted by Crippen LogP contribution is -2.40. The van der Waals surface area contributed by atoms with E-state index < -0.39 is 0 Å². The van der Waals surface area contributed by atoms with Crippen molar-refractivity contribution in [3.05, 3.63) is 24.0 Å². The van der Waals surface area contributed by atoms with Crippen LogP contribution in [0, 0.1) is 5.92 Å². The van der Waals surface area contributed by atoms with Crippen LogP contribution in [0.3, 0.4) is 0 Å². The van der Waals surface area contributed by atoms with Gasteiger partial charge in [-0.2, -0.15) is 10.2 Å². The molecule has 17 heavy (non-hydrogen) atoms. The molecule has 0 aliphatic carbocycles. The van der Waals surface area contributed by atoms with Crippen LogP contribution in [0.5, 0.6) is 0 Å². The third-order valence-electron chi connectivity index (χ3n) is 3.21. The van der Waals surface area contributed by atoms with E-state index in [2.05, 4.69) is 10.2 Å². The molecule has 2 N–H and O–H groups in total. The van der Waals surface area contributed by atoms with Crippen LogP contribution in [0.4, 0.5) is 0 Å². The maximum absolute atomic E-state index is 12.2. The summed E-state index contributed by atoms with van der Waals surface area (Å²) in [7, 11) is 0. The van der Waals surface area contributed by atoms with Gasteiger partial charge in [0.15, 0.2) is 0 Å². The monoisotopic (exact) mass is 234 g/mol. The van der Waals surface area contributed by atoms with E-state index in [9.17, 15) is 4.79 Å². The van der Waals surface area contributed by atoms with Crippen LogP contribution < -0.4 is 5.73 Å². The maximum Gasteiger partial charge on any atom is 0.255 e. The Morgan fingerprint density at radius 1 is 1.53 bits per heavy atom. The molecule has 1 aliphatic rings. The molecule has 92 valence electrons. The molecule has 1 fully saturated rings. The summed E-state index contributed by atoms with van der Waals surface area (Å²) in [5, 5.41) is 7.42. The van der Waals surface area contributed by atoms with Crippen LogP contribution in [-0.2, 0) is 0 Å². The average molecular weight is 234 g/mol. The number of piperidine rings is 1. The zero-order chi connectivity index (χ0) is 12.1. The molecule has 0 radical (unpaired) electrons. The van der Waals surface area contributed by atoms with Gasteiger partial charge in [-0.25, -0.2) is 0 Å². The van der Waals surface area contributed by atoms with E-state index in [-0.39, 0.29) is 5.91 Å². The molecule has 0 spiro atoms. The summed E-state index contributed by atoms with van der Waals surface area (Å²) in [6.07, 6.45) is 6.31. The quantitative estimate of drug-likeness (QED) is 0.834. The van der Waals surface area contributed by atoms with Crippen molar-refractivity contribution in [1.82, 2.24) is 15.1 Å². The maximum atomic E-state index is 12.2. The van der Waals surface area contributed by atoms with Crippen LogP contribution in [0.2, 0.25) is 0 Å². The predicted molar refractivity (Wildman–Crippen MR) is 64.3 cm³/mol. The summed E-state index contributed by atoms with van der Waals surface area (Å²) >= 11 is 0. The first kappa shape index (κ1) is 12.0. The number of carbonyl (C=O) groups excluding carboxylic acids is 1. The lowest BCUT2D eigenvalue weighted by molar-refractivity contribution is 0.0669. The summed E-state index contributed by atoms with van der Waals surface area (Å²) in [5.74, 6) is 0.606. The van der Waals surface area contributed by atoms with Gasteiger partial charge < -0.3 is 10.6 Å². The zero-order valence-electron chi connectivity index (χ0n) is 9.88. The van der Waals surface area contributed by atoms with Crippen LogP contribution in [0.15, 0.2) is 18.5 Å². The molecule has 1 unspecified atom stereocenters. The molecule has 5 nitrogen and oxygen atoms in total. The fourth-order valence-electron chi connectivity index (χ4n) is 2.32. The molecule has 0 aromatic carbocycles. The minimum Gasteiger partial charge on any atom is -0.338 e. The number of nitrogens with zero attached hydrogens (tertiary/aromatic N) is 3. The third kappa shape index (κ3) is 3.00. The highest BCUT2D eigenvalue weighted by Gasteiger charge is 2.23. The van der Waals surface area contributed by atoms with Crippen LogP contribution >= 0.6 is 0 Å². The molecule has 0 bridgehead atoms. The molecular formula is C12H18N4O. The van der Waals surface area contributed by atoms with Crippen LogP contribution in [0.1, 0.15) is 29.6 Å².